The van der Waals surface area contributed by atoms with E-state index in [0.717, 1.165) is 22.3 Å². The third-order valence-electron chi connectivity index (χ3n) is 10.3. The molecular weight excluding hydrogens is 819 g/mol. The van der Waals surface area contributed by atoms with E-state index >= 15 is 0 Å². The van der Waals surface area contributed by atoms with E-state index < -0.39 is 29.9 Å². The van der Waals surface area contributed by atoms with Crippen LogP contribution in [-0.2, 0) is 33.2 Å². The van der Waals surface area contributed by atoms with Gasteiger partial charge in [-0.1, -0.05) is 43.8 Å². The SMILES string of the molecule is C.C/C=C/c1ccc(NC(=O)C(C)=N)cc1.COC(=O)c1cc(-c2ccc(NC(=O)c3nc(NC(=O)COC4CCN5C(=O)c6cc(C)c(OC)cc6N=CC45)cn3C)cc2)cn1C. The molecule has 1 fully saturated rings. The Morgan fingerprint density at radius 2 is 1.59 bits per heavy atom. The lowest BCUT2D eigenvalue weighted by Gasteiger charge is -2.23. The number of carbonyl (C=O) groups is 5. The molecular formula is C47H53N9O8. The van der Waals surface area contributed by atoms with E-state index in [9.17, 15) is 24.0 Å². The van der Waals surface area contributed by atoms with E-state index in [-0.39, 0.29) is 43.2 Å². The van der Waals surface area contributed by atoms with Crippen LogP contribution in [0.25, 0.3) is 17.2 Å². The molecule has 5 aromatic rings. The molecule has 0 bridgehead atoms. The van der Waals surface area contributed by atoms with Crippen LogP contribution < -0.4 is 20.7 Å². The third kappa shape index (κ3) is 11.0. The molecule has 2 atom stereocenters. The Morgan fingerprint density at radius 3 is 2.25 bits per heavy atom. The first kappa shape index (κ1) is 47.4. The number of amides is 4. The van der Waals surface area contributed by atoms with Crippen molar-refractivity contribution in [2.75, 3.05) is 43.3 Å². The number of anilines is 3. The van der Waals surface area contributed by atoms with Gasteiger partial charge in [-0.15, -0.1) is 0 Å². The standard InChI is InChI=1S/C34H35N7O7.C12H14N2O.CH4/c1-19-12-23-24(14-28(19)46-4)35-15-26-27(10-11-41(26)33(23)44)48-18-30(42)37-29-17-40(3)31(38-29)32(43)36-22-8-6-20(7-9-22)21-13-25(34(45)47-5)39(2)16-21;1-3-4-10-5-7-11(8-6-10)14-12(15)9(2)13;/h6-9,12-17,26-27H,10-11,18H2,1-5H3,(H,36,43)(H,37,42);3-8,13H,1-2H3,(H,14,15);1H4/b;4-3+,13-9?;. The van der Waals surface area contributed by atoms with Gasteiger partial charge in [-0.3, -0.25) is 29.6 Å². The molecule has 17 heteroatoms. The summed E-state index contributed by atoms with van der Waals surface area (Å²) in [6, 6.07) is 19.4. The van der Waals surface area contributed by atoms with Crippen LogP contribution in [0.3, 0.4) is 0 Å². The van der Waals surface area contributed by atoms with Gasteiger partial charge in [-0.2, -0.15) is 0 Å². The number of allylic oxidation sites excluding steroid dienone is 1. The van der Waals surface area contributed by atoms with E-state index in [1.165, 1.54) is 24.8 Å². The number of benzene rings is 3. The Kier molecular flexibility index (Phi) is 15.5. The van der Waals surface area contributed by atoms with Gasteiger partial charge in [0, 0.05) is 62.3 Å². The van der Waals surface area contributed by atoms with Crippen LogP contribution in [0.15, 0.2) is 90.2 Å². The van der Waals surface area contributed by atoms with Crippen molar-refractivity contribution in [3.63, 3.8) is 0 Å². The van der Waals surface area contributed by atoms with Crippen LogP contribution >= 0.6 is 0 Å². The molecule has 1 saturated heterocycles. The lowest BCUT2D eigenvalue weighted by molar-refractivity contribution is -0.122. The Hall–Kier alpha value is -7.66. The normalized spacial score (nSPS) is 14.9. The molecule has 2 aliphatic heterocycles. The molecule has 0 saturated carbocycles. The van der Waals surface area contributed by atoms with Crippen LogP contribution in [0.4, 0.5) is 22.9 Å². The van der Waals surface area contributed by atoms with Crippen LogP contribution in [-0.4, -0.2) is 100 Å². The summed E-state index contributed by atoms with van der Waals surface area (Å²) in [7, 11) is 6.32. The van der Waals surface area contributed by atoms with E-state index in [4.69, 9.17) is 19.6 Å². The van der Waals surface area contributed by atoms with Crippen molar-refractivity contribution in [3.05, 3.63) is 113 Å². The number of nitrogens with zero attached hydrogens (tertiary/aromatic N) is 5. The van der Waals surface area contributed by atoms with Crippen molar-refractivity contribution in [2.45, 2.75) is 46.8 Å². The number of esters is 1. The zero-order valence-electron chi connectivity index (χ0n) is 36.0. The second-order valence-corrected chi connectivity index (χ2v) is 14.8. The highest BCUT2D eigenvalue weighted by molar-refractivity contribution is 6.41. The summed E-state index contributed by atoms with van der Waals surface area (Å²) in [4.78, 5) is 72.8. The number of aliphatic imine (C=N–C) groups is 1. The molecule has 2 aromatic heterocycles. The van der Waals surface area contributed by atoms with Gasteiger partial charge in [0.15, 0.2) is 5.82 Å². The molecule has 2 unspecified atom stereocenters. The van der Waals surface area contributed by atoms with Gasteiger partial charge in [-0.25, -0.2) is 9.78 Å². The molecule has 3 aromatic carbocycles. The zero-order chi connectivity index (χ0) is 45.4. The quantitative estimate of drug-likeness (QED) is 0.0745. The molecule has 4 amide bonds. The van der Waals surface area contributed by atoms with Crippen molar-refractivity contribution >= 4 is 70.5 Å². The molecule has 334 valence electrons. The van der Waals surface area contributed by atoms with Gasteiger partial charge in [0.1, 0.15) is 18.1 Å². The average molecular weight is 872 g/mol. The molecule has 7 rings (SSSR count). The lowest BCUT2D eigenvalue weighted by atomic mass is 10.1. The maximum absolute atomic E-state index is 13.3. The number of nitrogens with one attached hydrogen (secondary N) is 4. The van der Waals surface area contributed by atoms with Crippen molar-refractivity contribution in [1.82, 2.24) is 19.0 Å². The number of aryl methyl sites for hydroxylation is 3. The number of methoxy groups -OCH3 is 2. The lowest BCUT2D eigenvalue weighted by Crippen LogP contribution is -2.41. The highest BCUT2D eigenvalue weighted by Gasteiger charge is 2.39. The second kappa shape index (κ2) is 20.9. The van der Waals surface area contributed by atoms with E-state index in [1.54, 1.807) is 67.2 Å². The smallest absolute Gasteiger partial charge is 0.354 e. The number of ether oxygens (including phenoxy) is 3. The second-order valence-electron chi connectivity index (χ2n) is 14.8. The van der Waals surface area contributed by atoms with Gasteiger partial charge < -0.3 is 44.2 Å². The number of carbonyl (C=O) groups excluding carboxylic acids is 5. The third-order valence-corrected chi connectivity index (χ3v) is 10.3. The minimum atomic E-state index is -0.466. The first-order valence-corrected chi connectivity index (χ1v) is 19.9. The zero-order valence-corrected chi connectivity index (χ0v) is 36.0. The molecule has 2 aliphatic rings. The topological polar surface area (TPSA) is 211 Å². The summed E-state index contributed by atoms with van der Waals surface area (Å²) in [5, 5.41) is 15.2. The molecule has 0 radical (unpaired) electrons. The first-order chi connectivity index (χ1) is 30.2. The van der Waals surface area contributed by atoms with Crippen LogP contribution in [0.5, 0.6) is 5.75 Å². The number of hydrogen-bond donors (Lipinski definition) is 4. The van der Waals surface area contributed by atoms with Crippen LogP contribution in [0.1, 0.15) is 70.3 Å². The summed E-state index contributed by atoms with van der Waals surface area (Å²) >= 11 is 0. The Morgan fingerprint density at radius 1 is 0.906 bits per heavy atom. The number of imidazole rings is 1. The van der Waals surface area contributed by atoms with Gasteiger partial charge in [0.25, 0.3) is 23.6 Å². The van der Waals surface area contributed by atoms with Crippen LogP contribution in [0.2, 0.25) is 0 Å². The van der Waals surface area contributed by atoms with Gasteiger partial charge in [0.05, 0.1) is 43.3 Å². The largest absolute Gasteiger partial charge is 0.496 e. The molecule has 17 nitrogen and oxygen atoms in total. The summed E-state index contributed by atoms with van der Waals surface area (Å²) in [5.41, 5.74) is 6.32. The highest BCUT2D eigenvalue weighted by atomic mass is 16.5. The van der Waals surface area contributed by atoms with Crippen molar-refractivity contribution < 1.29 is 38.2 Å². The number of fused-ring (bicyclic) bond motifs is 2. The van der Waals surface area contributed by atoms with Crippen molar-refractivity contribution in [3.8, 4) is 16.9 Å². The van der Waals surface area contributed by atoms with Crippen molar-refractivity contribution in [2.24, 2.45) is 19.1 Å². The molecule has 0 aliphatic carbocycles. The number of rotatable bonds is 12. The van der Waals surface area contributed by atoms with Gasteiger partial charge >= 0.3 is 5.97 Å². The van der Waals surface area contributed by atoms with Gasteiger partial charge in [0.2, 0.25) is 5.82 Å². The minimum Gasteiger partial charge on any atom is -0.496 e. The van der Waals surface area contributed by atoms with E-state index in [2.05, 4.69) is 25.9 Å². The summed E-state index contributed by atoms with van der Waals surface area (Å²) in [6.07, 6.45) is 9.10. The van der Waals surface area contributed by atoms with Crippen molar-refractivity contribution in [1.29, 1.82) is 5.41 Å². The monoisotopic (exact) mass is 871 g/mol. The Balaban J connectivity index is 0.000000410. The van der Waals surface area contributed by atoms with E-state index in [1.807, 2.05) is 68.6 Å². The molecule has 0 spiro atoms. The number of aromatic nitrogens is 3. The summed E-state index contributed by atoms with van der Waals surface area (Å²) < 4.78 is 19.3. The fourth-order valence-electron chi connectivity index (χ4n) is 7.03. The molecule has 64 heavy (non-hydrogen) atoms. The predicted octanol–water partition coefficient (Wildman–Crippen LogP) is 7.07. The average Bonchev–Trinajstić information content (AvgIpc) is 3.96. The summed E-state index contributed by atoms with van der Waals surface area (Å²) in [6.45, 7) is 5.48. The van der Waals surface area contributed by atoms with E-state index in [0.29, 0.717) is 47.0 Å². The fourth-order valence-corrected chi connectivity index (χ4v) is 7.03. The maximum atomic E-state index is 13.3. The van der Waals surface area contributed by atoms with Crippen LogP contribution in [0, 0.1) is 12.3 Å². The van der Waals surface area contributed by atoms with Gasteiger partial charge in [-0.05, 0) is 80.3 Å². The Labute approximate surface area is 371 Å². The summed E-state index contributed by atoms with van der Waals surface area (Å²) in [5.74, 6) is -0.929. The highest BCUT2D eigenvalue weighted by Crippen LogP contribution is 2.34. The Bertz CT molecular complexity index is 2610. The predicted molar refractivity (Wildman–Crippen MR) is 247 cm³/mol. The minimum absolute atomic E-state index is 0. The number of hydrogen-bond acceptors (Lipinski definition) is 11. The fraction of sp³-hybridized carbons (Fsp3) is 0.277. The maximum Gasteiger partial charge on any atom is 0.354 e. The molecule has 4 heterocycles. The first-order valence-electron chi connectivity index (χ1n) is 19.9. The molecule has 4 N–H and O–H groups in total.